The number of carbonyl (C=O) groups excluding carboxylic acids is 1. The summed E-state index contributed by atoms with van der Waals surface area (Å²) in [6.07, 6.45) is 2.22. The highest BCUT2D eigenvalue weighted by molar-refractivity contribution is 7.99. The summed E-state index contributed by atoms with van der Waals surface area (Å²) in [6.45, 7) is 2.38. The molecule has 0 saturated carbocycles. The number of benzene rings is 2. The monoisotopic (exact) mass is 524 g/mol. The summed E-state index contributed by atoms with van der Waals surface area (Å²) in [5.41, 5.74) is 3.09. The number of amides is 1. The summed E-state index contributed by atoms with van der Waals surface area (Å²) in [7, 11) is -3.73. The zero-order chi connectivity index (χ0) is 25.4. The van der Waals surface area contributed by atoms with Crippen LogP contribution in [-0.2, 0) is 21.2 Å². The summed E-state index contributed by atoms with van der Waals surface area (Å²) in [4.78, 5) is 30.7. The number of sulfonamides is 1. The average Bonchev–Trinajstić information content (AvgIpc) is 3.44. The second-order valence-corrected chi connectivity index (χ2v) is 11.2. The lowest BCUT2D eigenvalue weighted by molar-refractivity contribution is -0.121. The van der Waals surface area contributed by atoms with E-state index in [1.807, 2.05) is 31.2 Å². The van der Waals surface area contributed by atoms with Crippen LogP contribution < -0.4 is 16.0 Å². The fourth-order valence-corrected chi connectivity index (χ4v) is 5.85. The molecule has 5 rings (SSSR count). The van der Waals surface area contributed by atoms with Crippen LogP contribution in [0.5, 0.6) is 0 Å². The van der Waals surface area contributed by atoms with Crippen molar-refractivity contribution in [2.75, 3.05) is 12.3 Å². The second kappa shape index (κ2) is 9.52. The van der Waals surface area contributed by atoms with Gasteiger partial charge in [0.2, 0.25) is 15.9 Å². The van der Waals surface area contributed by atoms with E-state index in [9.17, 15) is 18.0 Å². The normalized spacial score (nSPS) is 15.2. The average molecular weight is 525 g/mol. The molecule has 4 aromatic rings. The Bertz CT molecular complexity index is 1630. The van der Waals surface area contributed by atoms with Gasteiger partial charge in [-0.05, 0) is 48.7 Å². The molecule has 3 N–H and O–H groups in total. The number of rotatable bonds is 7. The molecule has 1 unspecified atom stereocenters. The van der Waals surface area contributed by atoms with Gasteiger partial charge in [0.05, 0.1) is 22.8 Å². The zero-order valence-corrected chi connectivity index (χ0v) is 21.1. The molecule has 0 fully saturated rings. The van der Waals surface area contributed by atoms with E-state index in [1.165, 1.54) is 30.1 Å². The SMILES string of the molecule is Cc1cccc(-n2ncc3c(=O)n4c(nc32)SCC4CC(=O)NCCc2ccc(S(N)(=O)=O)cc2)c1. The van der Waals surface area contributed by atoms with Crippen LogP contribution >= 0.6 is 11.8 Å². The first-order chi connectivity index (χ1) is 17.2. The van der Waals surface area contributed by atoms with Crippen molar-refractivity contribution in [3.63, 3.8) is 0 Å². The quantitative estimate of drug-likeness (QED) is 0.352. The standard InChI is InChI=1S/C24H24N6O4S2/c1-15-3-2-4-17(11-15)30-22-20(13-27-30)23(32)29-18(14-35-24(29)28-22)12-21(31)26-10-9-16-5-7-19(8-6-16)36(25,33)34/h2-8,11,13,18H,9-10,12,14H2,1H3,(H,26,31)(H2,25,33,34). The van der Waals surface area contributed by atoms with Gasteiger partial charge in [-0.15, -0.1) is 0 Å². The molecule has 0 saturated heterocycles. The number of aromatic nitrogens is 4. The minimum atomic E-state index is -3.73. The largest absolute Gasteiger partial charge is 0.356 e. The molecule has 0 bridgehead atoms. The Balaban J connectivity index is 1.27. The third kappa shape index (κ3) is 4.79. The third-order valence-corrected chi connectivity index (χ3v) is 8.05. The Kier molecular flexibility index (Phi) is 6.41. The van der Waals surface area contributed by atoms with Crippen molar-refractivity contribution >= 4 is 38.7 Å². The number of primary sulfonamides is 1. The Morgan fingerprint density at radius 3 is 2.72 bits per heavy atom. The van der Waals surface area contributed by atoms with E-state index >= 15 is 0 Å². The molecule has 3 heterocycles. The Morgan fingerprint density at radius 1 is 1.22 bits per heavy atom. The summed E-state index contributed by atoms with van der Waals surface area (Å²) >= 11 is 1.45. The molecule has 0 spiro atoms. The van der Waals surface area contributed by atoms with Crippen molar-refractivity contribution < 1.29 is 13.2 Å². The summed E-state index contributed by atoms with van der Waals surface area (Å²) in [5.74, 6) is 0.409. The van der Waals surface area contributed by atoms with Gasteiger partial charge in [-0.25, -0.2) is 23.2 Å². The molecule has 36 heavy (non-hydrogen) atoms. The fraction of sp³-hybridized carbons (Fsp3) is 0.250. The Labute approximate surface area is 211 Å². The van der Waals surface area contributed by atoms with E-state index in [-0.39, 0.29) is 28.8 Å². The van der Waals surface area contributed by atoms with Gasteiger partial charge in [0, 0.05) is 18.7 Å². The van der Waals surface area contributed by atoms with Crippen LogP contribution in [0.1, 0.15) is 23.6 Å². The summed E-state index contributed by atoms with van der Waals surface area (Å²) < 4.78 is 26.0. The topological polar surface area (TPSA) is 142 Å². The molecular weight excluding hydrogens is 500 g/mol. The van der Waals surface area contributed by atoms with Crippen molar-refractivity contribution in [1.29, 1.82) is 0 Å². The van der Waals surface area contributed by atoms with Gasteiger partial charge >= 0.3 is 0 Å². The molecule has 186 valence electrons. The third-order valence-electron chi connectivity index (χ3n) is 6.03. The van der Waals surface area contributed by atoms with E-state index in [1.54, 1.807) is 21.4 Å². The van der Waals surface area contributed by atoms with Crippen LogP contribution in [0, 0.1) is 6.92 Å². The number of carbonyl (C=O) groups is 1. The van der Waals surface area contributed by atoms with Gasteiger partial charge in [-0.3, -0.25) is 14.2 Å². The van der Waals surface area contributed by atoms with Crippen molar-refractivity contribution in [2.24, 2.45) is 5.14 Å². The molecular formula is C24H24N6O4S2. The van der Waals surface area contributed by atoms with E-state index in [0.717, 1.165) is 16.8 Å². The van der Waals surface area contributed by atoms with Crippen LogP contribution in [-0.4, -0.2) is 46.0 Å². The lowest BCUT2D eigenvalue weighted by Crippen LogP contribution is -2.31. The number of nitrogens with two attached hydrogens (primary N) is 1. The highest BCUT2D eigenvalue weighted by Gasteiger charge is 2.29. The van der Waals surface area contributed by atoms with Crippen molar-refractivity contribution in [1.82, 2.24) is 24.6 Å². The Hall–Kier alpha value is -3.48. The minimum Gasteiger partial charge on any atom is -0.356 e. The first-order valence-corrected chi connectivity index (χ1v) is 13.8. The Morgan fingerprint density at radius 2 is 2.00 bits per heavy atom. The fourth-order valence-electron chi connectivity index (χ4n) is 4.21. The van der Waals surface area contributed by atoms with Crippen LogP contribution in [0.4, 0.5) is 0 Å². The molecule has 12 heteroatoms. The molecule has 1 amide bonds. The van der Waals surface area contributed by atoms with E-state index in [0.29, 0.717) is 34.9 Å². The highest BCUT2D eigenvalue weighted by atomic mass is 32.2. The minimum absolute atomic E-state index is 0.0465. The van der Waals surface area contributed by atoms with Gasteiger partial charge < -0.3 is 5.32 Å². The van der Waals surface area contributed by atoms with Crippen molar-refractivity contribution in [3.8, 4) is 5.69 Å². The lowest BCUT2D eigenvalue weighted by Gasteiger charge is -2.13. The zero-order valence-electron chi connectivity index (χ0n) is 19.4. The number of aryl methyl sites for hydroxylation is 1. The highest BCUT2D eigenvalue weighted by Crippen LogP contribution is 2.33. The summed E-state index contributed by atoms with van der Waals surface area (Å²) in [5, 5.41) is 13.4. The number of nitrogens with zero attached hydrogens (tertiary/aromatic N) is 4. The summed E-state index contributed by atoms with van der Waals surface area (Å²) in [6, 6.07) is 13.7. The predicted octanol–water partition coefficient (Wildman–Crippen LogP) is 1.93. The molecule has 2 aromatic heterocycles. The van der Waals surface area contributed by atoms with Gasteiger partial charge in [0.1, 0.15) is 5.39 Å². The van der Waals surface area contributed by atoms with Crippen LogP contribution in [0.3, 0.4) is 0 Å². The molecule has 1 atom stereocenters. The van der Waals surface area contributed by atoms with E-state index < -0.39 is 10.0 Å². The predicted molar refractivity (Wildman–Crippen MR) is 137 cm³/mol. The number of fused-ring (bicyclic) bond motifs is 2. The molecule has 0 radical (unpaired) electrons. The van der Waals surface area contributed by atoms with Gasteiger partial charge in [0.15, 0.2) is 10.8 Å². The maximum absolute atomic E-state index is 13.3. The maximum Gasteiger partial charge on any atom is 0.265 e. The first kappa shape index (κ1) is 24.2. The van der Waals surface area contributed by atoms with Crippen LogP contribution in [0.15, 0.2) is 69.6 Å². The number of nitrogens with one attached hydrogen (secondary N) is 1. The van der Waals surface area contributed by atoms with Crippen LogP contribution in [0.25, 0.3) is 16.7 Å². The van der Waals surface area contributed by atoms with Crippen molar-refractivity contribution in [2.45, 2.75) is 35.9 Å². The van der Waals surface area contributed by atoms with Crippen molar-refractivity contribution in [3.05, 3.63) is 76.2 Å². The van der Waals surface area contributed by atoms with Gasteiger partial charge in [0.25, 0.3) is 5.56 Å². The molecule has 1 aliphatic rings. The van der Waals surface area contributed by atoms with Gasteiger partial charge in [-0.1, -0.05) is 36.0 Å². The second-order valence-electron chi connectivity index (χ2n) is 8.66. The molecule has 0 aliphatic carbocycles. The van der Waals surface area contributed by atoms with Crippen LogP contribution in [0.2, 0.25) is 0 Å². The van der Waals surface area contributed by atoms with E-state index in [4.69, 9.17) is 10.1 Å². The first-order valence-electron chi connectivity index (χ1n) is 11.3. The number of hydrogen-bond acceptors (Lipinski definition) is 7. The number of thioether (sulfide) groups is 1. The molecule has 10 nitrogen and oxygen atoms in total. The smallest absolute Gasteiger partial charge is 0.265 e. The number of hydrogen-bond donors (Lipinski definition) is 2. The molecule has 2 aromatic carbocycles. The van der Waals surface area contributed by atoms with E-state index in [2.05, 4.69) is 10.4 Å². The molecule has 1 aliphatic heterocycles. The lowest BCUT2D eigenvalue weighted by atomic mass is 10.1. The maximum atomic E-state index is 13.3. The van der Waals surface area contributed by atoms with Gasteiger partial charge in [-0.2, -0.15) is 5.10 Å².